The van der Waals surface area contributed by atoms with Crippen LogP contribution in [0.15, 0.2) is 102 Å². The van der Waals surface area contributed by atoms with E-state index < -0.39 is 12.0 Å². The molecule has 1 atom stereocenters. The lowest BCUT2D eigenvalue weighted by atomic mass is 9.98. The van der Waals surface area contributed by atoms with Gasteiger partial charge in [0, 0.05) is 15.7 Å². The van der Waals surface area contributed by atoms with E-state index in [4.69, 9.17) is 15.2 Å². The molecule has 4 rings (SSSR count). The molecule has 0 aliphatic heterocycles. The van der Waals surface area contributed by atoms with Crippen molar-refractivity contribution in [2.24, 2.45) is 0 Å². The average molecular weight is 545 g/mol. The molecule has 0 aliphatic rings. The van der Waals surface area contributed by atoms with Crippen molar-refractivity contribution in [3.8, 4) is 22.6 Å². The van der Waals surface area contributed by atoms with E-state index in [0.717, 1.165) is 32.7 Å². The Morgan fingerprint density at radius 3 is 2.33 bits per heavy atom. The van der Waals surface area contributed by atoms with Crippen molar-refractivity contribution >= 4 is 33.5 Å². The van der Waals surface area contributed by atoms with E-state index in [2.05, 4.69) is 21.2 Å². The highest BCUT2D eigenvalue weighted by Gasteiger charge is 2.21. The minimum absolute atomic E-state index is 0.0246. The molecule has 0 aromatic heterocycles. The third kappa shape index (κ3) is 6.12. The zero-order chi connectivity index (χ0) is 25.5. The van der Waals surface area contributed by atoms with Gasteiger partial charge in [0.25, 0.3) is 5.91 Å². The van der Waals surface area contributed by atoms with Crippen molar-refractivity contribution < 1.29 is 19.1 Å². The molecule has 0 radical (unpaired) electrons. The number of nitrogens with one attached hydrogen (secondary N) is 1. The summed E-state index contributed by atoms with van der Waals surface area (Å²) in [6.45, 7) is 0. The maximum atomic E-state index is 13.0. The molecule has 6 nitrogen and oxygen atoms in total. The Morgan fingerprint density at radius 2 is 1.61 bits per heavy atom. The first-order valence-corrected chi connectivity index (χ1v) is 12.1. The largest absolute Gasteiger partial charge is 0.469 e. The van der Waals surface area contributed by atoms with Gasteiger partial charge in [0.05, 0.1) is 25.1 Å². The van der Waals surface area contributed by atoms with Crippen molar-refractivity contribution in [3.63, 3.8) is 0 Å². The molecular formula is C29H25BrN2O4. The minimum atomic E-state index is -0.604. The number of nitrogen functional groups attached to an aromatic ring is 1. The third-order valence-electron chi connectivity index (χ3n) is 5.65. The zero-order valence-electron chi connectivity index (χ0n) is 19.6. The molecule has 1 unspecified atom stereocenters. The van der Waals surface area contributed by atoms with E-state index >= 15 is 0 Å². The minimum Gasteiger partial charge on any atom is -0.469 e. The maximum Gasteiger partial charge on any atom is 0.307 e. The first-order chi connectivity index (χ1) is 17.4. The van der Waals surface area contributed by atoms with E-state index in [1.807, 2.05) is 78.9 Å². The third-order valence-corrected chi connectivity index (χ3v) is 6.14. The second-order valence-electron chi connectivity index (χ2n) is 8.07. The number of carbonyl (C=O) groups excluding carboxylic acids is 2. The Morgan fingerprint density at radius 1 is 0.917 bits per heavy atom. The summed E-state index contributed by atoms with van der Waals surface area (Å²) < 4.78 is 11.7. The zero-order valence-corrected chi connectivity index (χ0v) is 21.2. The number of hydrogen-bond donors (Lipinski definition) is 2. The highest BCUT2D eigenvalue weighted by atomic mass is 79.9. The van der Waals surface area contributed by atoms with Crippen LogP contribution in [0.4, 0.5) is 5.69 Å². The summed E-state index contributed by atoms with van der Waals surface area (Å²) in [4.78, 5) is 25.1. The number of carbonyl (C=O) groups is 2. The number of ether oxygens (including phenoxy) is 2. The van der Waals surface area contributed by atoms with E-state index in [0.29, 0.717) is 11.3 Å². The van der Waals surface area contributed by atoms with E-state index in [1.54, 1.807) is 18.2 Å². The summed E-state index contributed by atoms with van der Waals surface area (Å²) in [5, 5.41) is 2.92. The predicted octanol–water partition coefficient (Wildman–Crippen LogP) is 6.52. The fourth-order valence-corrected chi connectivity index (χ4v) is 4.13. The normalized spacial score (nSPS) is 11.4. The Labute approximate surface area is 218 Å². The number of nitrogens with two attached hydrogens (primary N) is 1. The van der Waals surface area contributed by atoms with Crippen molar-refractivity contribution in [3.05, 3.63) is 113 Å². The SMILES string of the molecule is COC(=O)CC(NC(=O)c1cc(Br)ccc1N)c1ccc(-c2ccccc2Oc2ccccc2)cc1. The lowest BCUT2D eigenvalue weighted by Crippen LogP contribution is -2.31. The number of methoxy groups -OCH3 is 1. The van der Waals surface area contributed by atoms with Gasteiger partial charge in [0.2, 0.25) is 0 Å². The molecule has 36 heavy (non-hydrogen) atoms. The van der Waals surface area contributed by atoms with E-state index in [9.17, 15) is 9.59 Å². The van der Waals surface area contributed by atoms with Gasteiger partial charge in [-0.15, -0.1) is 0 Å². The van der Waals surface area contributed by atoms with Gasteiger partial charge in [-0.1, -0.05) is 76.6 Å². The number of benzene rings is 4. The molecule has 7 heteroatoms. The molecule has 0 bridgehead atoms. The number of rotatable bonds is 8. The molecular weight excluding hydrogens is 520 g/mol. The van der Waals surface area contributed by atoms with E-state index in [1.165, 1.54) is 7.11 Å². The number of halogens is 1. The van der Waals surface area contributed by atoms with Gasteiger partial charge in [0.15, 0.2) is 0 Å². The fourth-order valence-electron chi connectivity index (χ4n) is 3.77. The number of hydrogen-bond acceptors (Lipinski definition) is 5. The van der Waals surface area contributed by atoms with E-state index in [-0.39, 0.29) is 12.3 Å². The van der Waals surface area contributed by atoms with Crippen LogP contribution in [0.1, 0.15) is 28.4 Å². The number of para-hydroxylation sites is 2. The monoisotopic (exact) mass is 544 g/mol. The lowest BCUT2D eigenvalue weighted by molar-refractivity contribution is -0.141. The van der Waals surface area contributed by atoms with Crippen LogP contribution in [0.2, 0.25) is 0 Å². The van der Waals surface area contributed by atoms with Gasteiger partial charge in [-0.3, -0.25) is 9.59 Å². The first-order valence-electron chi connectivity index (χ1n) is 11.3. The van der Waals surface area contributed by atoms with Crippen molar-refractivity contribution in [1.82, 2.24) is 5.32 Å². The van der Waals surface area contributed by atoms with Crippen LogP contribution in [-0.2, 0) is 9.53 Å². The highest BCUT2D eigenvalue weighted by Crippen LogP contribution is 2.34. The van der Waals surface area contributed by atoms with Gasteiger partial charge >= 0.3 is 5.97 Å². The summed E-state index contributed by atoms with van der Waals surface area (Å²) in [7, 11) is 1.32. The van der Waals surface area contributed by atoms with Crippen molar-refractivity contribution in [1.29, 1.82) is 0 Å². The van der Waals surface area contributed by atoms with Crippen molar-refractivity contribution in [2.75, 3.05) is 12.8 Å². The molecule has 1 amide bonds. The first kappa shape index (κ1) is 25.0. The molecule has 4 aromatic carbocycles. The molecule has 0 spiro atoms. The molecule has 0 aliphatic carbocycles. The lowest BCUT2D eigenvalue weighted by Gasteiger charge is -2.20. The predicted molar refractivity (Wildman–Crippen MR) is 144 cm³/mol. The van der Waals surface area contributed by atoms with Gasteiger partial charge in [-0.2, -0.15) is 0 Å². The summed E-state index contributed by atoms with van der Waals surface area (Å²) >= 11 is 3.36. The highest BCUT2D eigenvalue weighted by molar-refractivity contribution is 9.10. The van der Waals surface area contributed by atoms with Gasteiger partial charge in [-0.05, 0) is 47.5 Å². The molecule has 0 heterocycles. The van der Waals surface area contributed by atoms with Gasteiger partial charge in [-0.25, -0.2) is 0 Å². The second-order valence-corrected chi connectivity index (χ2v) is 8.99. The maximum absolute atomic E-state index is 13.0. The van der Waals surface area contributed by atoms with Crippen molar-refractivity contribution in [2.45, 2.75) is 12.5 Å². The molecule has 3 N–H and O–H groups in total. The Balaban J connectivity index is 1.60. The number of amides is 1. The Bertz CT molecular complexity index is 1360. The second kappa shape index (κ2) is 11.6. The fraction of sp³-hybridized carbons (Fsp3) is 0.103. The Hall–Kier alpha value is -4.10. The Kier molecular flexibility index (Phi) is 8.02. The van der Waals surface area contributed by atoms with Crippen LogP contribution in [0.5, 0.6) is 11.5 Å². The smallest absolute Gasteiger partial charge is 0.307 e. The van der Waals surface area contributed by atoms with Crippen LogP contribution < -0.4 is 15.8 Å². The summed E-state index contributed by atoms with van der Waals surface area (Å²) in [5.41, 5.74) is 9.28. The summed E-state index contributed by atoms with van der Waals surface area (Å²) in [6, 6.07) is 29.4. The standard InChI is InChI=1S/C29H25BrN2O4/c1-35-28(33)18-26(32-29(34)24-17-21(30)15-16-25(24)31)20-13-11-19(12-14-20)23-9-5-6-10-27(23)36-22-7-3-2-4-8-22/h2-17,26H,18,31H2,1H3,(H,32,34). The number of anilines is 1. The van der Waals surface area contributed by atoms with Gasteiger partial charge in [0.1, 0.15) is 11.5 Å². The molecule has 0 fully saturated rings. The van der Waals surface area contributed by atoms with Gasteiger partial charge < -0.3 is 20.5 Å². The molecule has 0 saturated heterocycles. The molecule has 0 saturated carbocycles. The van der Waals surface area contributed by atoms with Crippen LogP contribution in [-0.4, -0.2) is 19.0 Å². The summed E-state index contributed by atoms with van der Waals surface area (Å²) in [6.07, 6.45) is -0.0246. The van der Waals surface area contributed by atoms with Crippen LogP contribution in [0.25, 0.3) is 11.1 Å². The summed E-state index contributed by atoms with van der Waals surface area (Å²) in [5.74, 6) is 0.650. The van der Waals surface area contributed by atoms with Crippen LogP contribution >= 0.6 is 15.9 Å². The molecule has 182 valence electrons. The number of esters is 1. The molecule has 4 aromatic rings. The average Bonchev–Trinajstić information content (AvgIpc) is 2.90. The quantitative estimate of drug-likeness (QED) is 0.194. The van der Waals surface area contributed by atoms with Crippen LogP contribution in [0.3, 0.4) is 0 Å². The van der Waals surface area contributed by atoms with Crippen LogP contribution in [0, 0.1) is 0 Å². The topological polar surface area (TPSA) is 90.7 Å².